The number of methoxy groups -OCH3 is 2. The number of ether oxygens (including phenoxy) is 2. The Morgan fingerprint density at radius 3 is 2.15 bits per heavy atom. The van der Waals surface area contributed by atoms with Gasteiger partial charge < -0.3 is 9.47 Å². The van der Waals surface area contributed by atoms with Gasteiger partial charge in [0.2, 0.25) is 0 Å². The summed E-state index contributed by atoms with van der Waals surface area (Å²) in [6.45, 7) is 0. The van der Waals surface area contributed by atoms with Crippen LogP contribution in [0, 0.1) is 0 Å². The minimum atomic E-state index is -0.00304. The van der Waals surface area contributed by atoms with Crippen molar-refractivity contribution >= 4 is 43.5 Å². The lowest BCUT2D eigenvalue weighted by atomic mass is 10.0. The Bertz CT molecular complexity index is 600. The molecule has 106 valence electrons. The molecule has 0 aliphatic heterocycles. The molecule has 0 fully saturated rings. The van der Waals surface area contributed by atoms with E-state index >= 15 is 0 Å². The summed E-state index contributed by atoms with van der Waals surface area (Å²) in [7, 11) is 3.29. The molecule has 0 radical (unpaired) electrons. The Kier molecular flexibility index (Phi) is 5.35. The summed E-state index contributed by atoms with van der Waals surface area (Å²) in [5.74, 6) is 1.55. The first-order chi connectivity index (χ1) is 9.56. The van der Waals surface area contributed by atoms with Crippen molar-refractivity contribution < 1.29 is 9.47 Å². The molecular formula is C15H13Br2ClO2. The maximum absolute atomic E-state index is 5.92. The van der Waals surface area contributed by atoms with Crippen LogP contribution in [-0.4, -0.2) is 14.2 Å². The summed E-state index contributed by atoms with van der Waals surface area (Å²) in [6, 6.07) is 11.6. The normalized spacial score (nSPS) is 12.1. The zero-order chi connectivity index (χ0) is 14.7. The Hall–Kier alpha value is -0.710. The Morgan fingerprint density at radius 1 is 1.00 bits per heavy atom. The van der Waals surface area contributed by atoms with E-state index in [0.29, 0.717) is 5.02 Å². The molecule has 0 heterocycles. The standard InChI is InChI=1S/C15H13Br2ClO2/c1-19-13-8-12(16)14(20-2)7-11(13)15(17)9-3-5-10(18)6-4-9/h3-8,15H,1-2H3. The maximum Gasteiger partial charge on any atom is 0.133 e. The molecule has 2 aromatic rings. The van der Waals surface area contributed by atoms with Crippen molar-refractivity contribution in [1.82, 2.24) is 0 Å². The molecule has 0 saturated carbocycles. The fraction of sp³-hybridized carbons (Fsp3) is 0.200. The van der Waals surface area contributed by atoms with Gasteiger partial charge in [-0.1, -0.05) is 39.7 Å². The average Bonchev–Trinajstić information content (AvgIpc) is 2.47. The summed E-state index contributed by atoms with van der Waals surface area (Å²) < 4.78 is 11.7. The first-order valence-corrected chi connectivity index (χ1v) is 7.96. The third-order valence-corrected chi connectivity index (χ3v) is 4.83. The first kappa shape index (κ1) is 15.7. The second-order valence-electron chi connectivity index (χ2n) is 4.14. The van der Waals surface area contributed by atoms with Gasteiger partial charge in [0, 0.05) is 10.6 Å². The molecular weight excluding hydrogens is 407 g/mol. The third kappa shape index (κ3) is 3.30. The van der Waals surface area contributed by atoms with E-state index in [9.17, 15) is 0 Å². The predicted octanol–water partition coefficient (Wildman–Crippen LogP) is 5.60. The van der Waals surface area contributed by atoms with Crippen molar-refractivity contribution in [3.8, 4) is 11.5 Å². The van der Waals surface area contributed by atoms with E-state index in [0.717, 1.165) is 27.1 Å². The van der Waals surface area contributed by atoms with Gasteiger partial charge in [0.15, 0.2) is 0 Å². The van der Waals surface area contributed by atoms with Crippen molar-refractivity contribution in [1.29, 1.82) is 0 Å². The van der Waals surface area contributed by atoms with E-state index in [4.69, 9.17) is 21.1 Å². The second kappa shape index (κ2) is 6.83. The van der Waals surface area contributed by atoms with Crippen LogP contribution >= 0.6 is 43.5 Å². The molecule has 2 aromatic carbocycles. The van der Waals surface area contributed by atoms with E-state index in [1.165, 1.54) is 0 Å². The third-order valence-electron chi connectivity index (χ3n) is 2.94. The Balaban J connectivity index is 2.47. The van der Waals surface area contributed by atoms with Gasteiger partial charge in [0.25, 0.3) is 0 Å². The number of hydrogen-bond acceptors (Lipinski definition) is 2. The van der Waals surface area contributed by atoms with Crippen LogP contribution in [0.25, 0.3) is 0 Å². The van der Waals surface area contributed by atoms with E-state index < -0.39 is 0 Å². The van der Waals surface area contributed by atoms with Gasteiger partial charge in [-0.25, -0.2) is 0 Å². The minimum absolute atomic E-state index is 0.00304. The highest BCUT2D eigenvalue weighted by molar-refractivity contribution is 9.10. The molecule has 0 spiro atoms. The number of hydrogen-bond donors (Lipinski definition) is 0. The lowest BCUT2D eigenvalue weighted by molar-refractivity contribution is 0.397. The van der Waals surface area contributed by atoms with Crippen molar-refractivity contribution in [2.24, 2.45) is 0 Å². The number of benzene rings is 2. The summed E-state index contributed by atoms with van der Waals surface area (Å²) in [6.07, 6.45) is 0. The van der Waals surface area contributed by atoms with Gasteiger partial charge in [0.1, 0.15) is 11.5 Å². The zero-order valence-electron chi connectivity index (χ0n) is 11.0. The van der Waals surface area contributed by atoms with Crippen LogP contribution in [0.5, 0.6) is 11.5 Å². The minimum Gasteiger partial charge on any atom is -0.496 e. The van der Waals surface area contributed by atoms with Gasteiger partial charge in [-0.3, -0.25) is 0 Å². The monoisotopic (exact) mass is 418 g/mol. The fourth-order valence-corrected chi connectivity index (χ4v) is 3.17. The van der Waals surface area contributed by atoms with Gasteiger partial charge in [0.05, 0.1) is 23.5 Å². The van der Waals surface area contributed by atoms with Crippen LogP contribution in [0.3, 0.4) is 0 Å². The van der Waals surface area contributed by atoms with Gasteiger partial charge in [-0.15, -0.1) is 0 Å². The van der Waals surface area contributed by atoms with E-state index in [2.05, 4.69) is 31.9 Å². The van der Waals surface area contributed by atoms with Crippen LogP contribution in [0.4, 0.5) is 0 Å². The van der Waals surface area contributed by atoms with Gasteiger partial charge >= 0.3 is 0 Å². The van der Waals surface area contributed by atoms with E-state index in [-0.39, 0.29) is 4.83 Å². The highest BCUT2D eigenvalue weighted by atomic mass is 79.9. The summed E-state index contributed by atoms with van der Waals surface area (Å²) in [5, 5.41) is 0.716. The average molecular weight is 421 g/mol. The molecule has 2 rings (SSSR count). The predicted molar refractivity (Wildman–Crippen MR) is 89.5 cm³/mol. The largest absolute Gasteiger partial charge is 0.496 e. The molecule has 20 heavy (non-hydrogen) atoms. The molecule has 2 nitrogen and oxygen atoms in total. The van der Waals surface area contributed by atoms with Crippen LogP contribution in [-0.2, 0) is 0 Å². The zero-order valence-corrected chi connectivity index (χ0v) is 14.9. The topological polar surface area (TPSA) is 18.5 Å². The molecule has 0 saturated heterocycles. The summed E-state index contributed by atoms with van der Waals surface area (Å²) >= 11 is 13.1. The smallest absolute Gasteiger partial charge is 0.133 e. The number of alkyl halides is 1. The maximum atomic E-state index is 5.92. The van der Waals surface area contributed by atoms with Crippen LogP contribution in [0.2, 0.25) is 5.02 Å². The SMILES string of the molecule is COc1cc(C(Br)c2ccc(Cl)cc2)c(OC)cc1Br. The van der Waals surface area contributed by atoms with Gasteiger partial charge in [-0.2, -0.15) is 0 Å². The van der Waals surface area contributed by atoms with Crippen molar-refractivity contribution in [2.75, 3.05) is 14.2 Å². The quantitative estimate of drug-likeness (QED) is 0.599. The molecule has 1 atom stereocenters. The van der Waals surface area contributed by atoms with Crippen molar-refractivity contribution in [3.05, 3.63) is 57.0 Å². The highest BCUT2D eigenvalue weighted by Crippen LogP contribution is 2.41. The van der Waals surface area contributed by atoms with Gasteiger partial charge in [-0.05, 0) is 45.8 Å². The summed E-state index contributed by atoms with van der Waals surface area (Å²) in [5.41, 5.74) is 2.09. The number of rotatable bonds is 4. The lowest BCUT2D eigenvalue weighted by Crippen LogP contribution is -1.99. The molecule has 0 N–H and O–H groups in total. The van der Waals surface area contributed by atoms with Crippen LogP contribution in [0.15, 0.2) is 40.9 Å². The second-order valence-corrected chi connectivity index (χ2v) is 6.35. The molecule has 0 aromatic heterocycles. The molecule has 5 heteroatoms. The van der Waals surface area contributed by atoms with E-state index in [1.54, 1.807) is 14.2 Å². The van der Waals surface area contributed by atoms with E-state index in [1.807, 2.05) is 36.4 Å². The highest BCUT2D eigenvalue weighted by Gasteiger charge is 2.18. The van der Waals surface area contributed by atoms with Crippen molar-refractivity contribution in [3.63, 3.8) is 0 Å². The molecule has 0 aliphatic carbocycles. The van der Waals surface area contributed by atoms with Crippen molar-refractivity contribution in [2.45, 2.75) is 4.83 Å². The molecule has 0 bridgehead atoms. The Labute approximate surface area is 140 Å². The Morgan fingerprint density at radius 2 is 1.60 bits per heavy atom. The molecule has 1 unspecified atom stereocenters. The first-order valence-electron chi connectivity index (χ1n) is 5.87. The fourth-order valence-electron chi connectivity index (χ4n) is 1.89. The molecule has 0 amide bonds. The lowest BCUT2D eigenvalue weighted by Gasteiger charge is -2.17. The summed E-state index contributed by atoms with van der Waals surface area (Å²) in [4.78, 5) is -0.00304. The number of halogens is 3. The molecule has 0 aliphatic rings. The van der Waals surface area contributed by atoms with Crippen LogP contribution < -0.4 is 9.47 Å². The van der Waals surface area contributed by atoms with Crippen LogP contribution in [0.1, 0.15) is 16.0 Å².